The first-order valence-corrected chi connectivity index (χ1v) is 3.72. The molecule has 2 nitrogen and oxygen atoms in total. The smallest absolute Gasteiger partial charge is 0.402 e. The lowest BCUT2D eigenvalue weighted by molar-refractivity contribution is -0.274. The van der Waals surface area contributed by atoms with E-state index in [4.69, 9.17) is 23.2 Å². The van der Waals surface area contributed by atoms with Gasteiger partial charge in [0.05, 0.1) is 0 Å². The molecule has 0 amide bonds. The second kappa shape index (κ2) is 3.59. The van der Waals surface area contributed by atoms with E-state index >= 15 is 0 Å². The van der Waals surface area contributed by atoms with Crippen LogP contribution in [-0.4, -0.2) is 11.3 Å². The highest BCUT2D eigenvalue weighted by atomic mass is 35.5. The van der Waals surface area contributed by atoms with Crippen molar-refractivity contribution in [2.24, 2.45) is 0 Å². The Morgan fingerprint density at radius 1 is 1.23 bits per heavy atom. The zero-order chi connectivity index (χ0) is 10.1. The summed E-state index contributed by atoms with van der Waals surface area (Å²) in [6.45, 7) is 0. The van der Waals surface area contributed by atoms with Crippen molar-refractivity contribution >= 4 is 23.2 Å². The maximum absolute atomic E-state index is 11.7. The van der Waals surface area contributed by atoms with Gasteiger partial charge in [-0.2, -0.15) is 0 Å². The summed E-state index contributed by atoms with van der Waals surface area (Å²) in [6.07, 6.45) is -4.78. The molecule has 1 aromatic rings. The van der Waals surface area contributed by atoms with Gasteiger partial charge in [-0.05, 0) is 12.1 Å². The third kappa shape index (κ3) is 3.28. The highest BCUT2D eigenvalue weighted by Crippen LogP contribution is 2.29. The second-order valence-corrected chi connectivity index (χ2v) is 2.72. The fourth-order valence-electron chi connectivity index (χ4n) is 0.600. The number of aromatic nitrogens is 1. The third-order valence-corrected chi connectivity index (χ3v) is 1.49. The molecule has 0 fully saturated rings. The number of ether oxygens (including phenoxy) is 1. The molecule has 72 valence electrons. The maximum atomic E-state index is 11.7. The van der Waals surface area contributed by atoms with Gasteiger partial charge >= 0.3 is 6.36 Å². The Kier molecular flexibility index (Phi) is 2.87. The highest BCUT2D eigenvalue weighted by Gasteiger charge is 2.32. The molecule has 0 aliphatic heterocycles. The van der Waals surface area contributed by atoms with E-state index in [-0.39, 0.29) is 5.15 Å². The Balaban J connectivity index is 2.90. The molecule has 0 saturated heterocycles. The highest BCUT2D eigenvalue weighted by molar-refractivity contribution is 6.33. The zero-order valence-electron chi connectivity index (χ0n) is 5.90. The standard InChI is InChI=1S/C6H2Cl2F3NO/c7-4-2-1-3(5(8)12-4)13-6(9,10)11/h1-2H. The molecule has 13 heavy (non-hydrogen) atoms. The van der Waals surface area contributed by atoms with Crippen molar-refractivity contribution < 1.29 is 17.9 Å². The number of hydrogen-bond donors (Lipinski definition) is 0. The van der Waals surface area contributed by atoms with Gasteiger partial charge < -0.3 is 4.74 Å². The topological polar surface area (TPSA) is 22.1 Å². The second-order valence-electron chi connectivity index (χ2n) is 1.97. The molecule has 0 spiro atoms. The summed E-state index contributed by atoms with van der Waals surface area (Å²) in [5.74, 6) is -0.571. The lowest BCUT2D eigenvalue weighted by Gasteiger charge is -2.09. The SMILES string of the molecule is FC(F)(F)Oc1ccc(Cl)nc1Cl. The van der Waals surface area contributed by atoms with E-state index in [0.717, 1.165) is 12.1 Å². The Hall–Kier alpha value is -0.680. The van der Waals surface area contributed by atoms with Crippen LogP contribution in [0.15, 0.2) is 12.1 Å². The molecule has 0 atom stereocenters. The van der Waals surface area contributed by atoms with Crippen LogP contribution in [0.5, 0.6) is 5.75 Å². The molecule has 0 saturated carbocycles. The molecule has 0 N–H and O–H groups in total. The number of nitrogens with zero attached hydrogens (tertiary/aromatic N) is 1. The van der Waals surface area contributed by atoms with Crippen molar-refractivity contribution in [3.8, 4) is 5.75 Å². The summed E-state index contributed by atoms with van der Waals surface area (Å²) in [7, 11) is 0. The van der Waals surface area contributed by atoms with Crippen LogP contribution >= 0.6 is 23.2 Å². The Labute approximate surface area is 81.2 Å². The predicted octanol–water partition coefficient (Wildman–Crippen LogP) is 3.29. The number of halogens is 5. The van der Waals surface area contributed by atoms with Crippen LogP contribution in [-0.2, 0) is 0 Å². The van der Waals surface area contributed by atoms with E-state index in [1.54, 1.807) is 0 Å². The normalized spacial score (nSPS) is 11.5. The van der Waals surface area contributed by atoms with Crippen LogP contribution in [0, 0.1) is 0 Å². The van der Waals surface area contributed by atoms with Crippen LogP contribution < -0.4 is 4.74 Å². The molecule has 0 unspecified atom stereocenters. The van der Waals surface area contributed by atoms with Gasteiger partial charge in [0.15, 0.2) is 10.9 Å². The zero-order valence-corrected chi connectivity index (χ0v) is 7.41. The maximum Gasteiger partial charge on any atom is 0.573 e. The average Bonchev–Trinajstić information content (AvgIpc) is 1.93. The summed E-state index contributed by atoms with van der Waals surface area (Å²) in [4.78, 5) is 3.36. The fourth-order valence-corrected chi connectivity index (χ4v) is 0.984. The molecule has 0 bridgehead atoms. The van der Waals surface area contributed by atoms with Crippen LogP contribution in [0.25, 0.3) is 0 Å². The van der Waals surface area contributed by atoms with Crippen molar-refractivity contribution in [2.75, 3.05) is 0 Å². The van der Waals surface area contributed by atoms with Crippen molar-refractivity contribution in [3.05, 3.63) is 22.4 Å². The van der Waals surface area contributed by atoms with Gasteiger partial charge in [0.2, 0.25) is 0 Å². The number of alkyl halides is 3. The first kappa shape index (κ1) is 10.4. The monoisotopic (exact) mass is 231 g/mol. The molecule has 7 heteroatoms. The van der Waals surface area contributed by atoms with E-state index in [1.807, 2.05) is 0 Å². The first-order valence-electron chi connectivity index (χ1n) is 2.96. The van der Waals surface area contributed by atoms with Crippen LogP contribution in [0.2, 0.25) is 10.3 Å². The summed E-state index contributed by atoms with van der Waals surface area (Å²) >= 11 is 10.7. The molecule has 0 aliphatic rings. The van der Waals surface area contributed by atoms with Gasteiger partial charge in [-0.15, -0.1) is 13.2 Å². The summed E-state index contributed by atoms with van der Waals surface area (Å²) in [5.41, 5.74) is 0. The van der Waals surface area contributed by atoms with Gasteiger partial charge in [-0.3, -0.25) is 0 Å². The summed E-state index contributed by atoms with van der Waals surface area (Å²) < 4.78 is 38.6. The minimum atomic E-state index is -4.78. The van der Waals surface area contributed by atoms with Crippen LogP contribution in [0.4, 0.5) is 13.2 Å². The first-order chi connectivity index (χ1) is 5.88. The van der Waals surface area contributed by atoms with Crippen LogP contribution in [0.1, 0.15) is 0 Å². The van der Waals surface area contributed by atoms with E-state index in [1.165, 1.54) is 0 Å². The van der Waals surface area contributed by atoms with Gasteiger partial charge in [0.1, 0.15) is 5.15 Å². The largest absolute Gasteiger partial charge is 0.573 e. The molecule has 1 aromatic heterocycles. The van der Waals surface area contributed by atoms with Crippen molar-refractivity contribution in [3.63, 3.8) is 0 Å². The van der Waals surface area contributed by atoms with Gasteiger partial charge in [0, 0.05) is 0 Å². The van der Waals surface area contributed by atoms with Crippen molar-refractivity contribution in [1.29, 1.82) is 0 Å². The third-order valence-electron chi connectivity index (χ3n) is 1.01. The van der Waals surface area contributed by atoms with E-state index in [9.17, 15) is 13.2 Å². The summed E-state index contributed by atoms with van der Waals surface area (Å²) in [6, 6.07) is 2.14. The summed E-state index contributed by atoms with van der Waals surface area (Å²) in [5, 5.41) is -0.427. The Morgan fingerprint density at radius 3 is 2.31 bits per heavy atom. The minimum Gasteiger partial charge on any atom is -0.402 e. The molecular weight excluding hydrogens is 230 g/mol. The average molecular weight is 232 g/mol. The Morgan fingerprint density at radius 2 is 1.85 bits per heavy atom. The molecule has 0 aromatic carbocycles. The number of hydrogen-bond acceptors (Lipinski definition) is 2. The number of rotatable bonds is 1. The predicted molar refractivity (Wildman–Crippen MR) is 40.9 cm³/mol. The van der Waals surface area contributed by atoms with E-state index in [0.29, 0.717) is 0 Å². The van der Waals surface area contributed by atoms with Crippen LogP contribution in [0.3, 0.4) is 0 Å². The van der Waals surface area contributed by atoms with E-state index < -0.39 is 17.3 Å². The molecule has 1 rings (SSSR count). The van der Waals surface area contributed by atoms with E-state index in [2.05, 4.69) is 9.72 Å². The van der Waals surface area contributed by atoms with Crippen molar-refractivity contribution in [1.82, 2.24) is 4.98 Å². The lowest BCUT2D eigenvalue weighted by Crippen LogP contribution is -2.17. The quantitative estimate of drug-likeness (QED) is 0.693. The van der Waals surface area contributed by atoms with Gasteiger partial charge in [-0.25, -0.2) is 4.98 Å². The van der Waals surface area contributed by atoms with Crippen molar-refractivity contribution in [2.45, 2.75) is 6.36 Å². The Bertz CT molecular complexity index is 315. The lowest BCUT2D eigenvalue weighted by atomic mass is 10.5. The molecular formula is C6H2Cl2F3NO. The minimum absolute atomic E-state index is 0.000440. The van der Waals surface area contributed by atoms with Gasteiger partial charge in [0.25, 0.3) is 0 Å². The molecule has 1 heterocycles. The van der Waals surface area contributed by atoms with Gasteiger partial charge in [-0.1, -0.05) is 23.2 Å². The fraction of sp³-hybridized carbons (Fsp3) is 0.167. The molecule has 0 radical (unpaired) electrons. The molecule has 0 aliphatic carbocycles. The number of pyridine rings is 1.